The number of para-hydroxylation sites is 1. The Morgan fingerprint density at radius 3 is 2.36 bits per heavy atom. The molecule has 0 fully saturated rings. The van der Waals surface area contributed by atoms with Crippen molar-refractivity contribution in [3.05, 3.63) is 64.3 Å². The number of amides is 1. The fraction of sp³-hybridized carbons (Fsp3) is 0.211. The number of aromatic nitrogens is 1. The van der Waals surface area contributed by atoms with Gasteiger partial charge in [-0.25, -0.2) is 0 Å². The number of fused-ring (bicyclic) bond motifs is 1. The summed E-state index contributed by atoms with van der Waals surface area (Å²) in [6.45, 7) is 8.13. The van der Waals surface area contributed by atoms with Crippen LogP contribution in [0.1, 0.15) is 32.7 Å². The van der Waals surface area contributed by atoms with Crippen LogP contribution in [-0.2, 0) is 0 Å². The summed E-state index contributed by atoms with van der Waals surface area (Å²) in [5, 5.41) is 4.14. The molecule has 3 aromatic rings. The standard InChI is InChI=1S/C19H20N2O/c1-11-6-5-7-12(2)18(11)21-19(22)15-8-9-17-16(10-15)13(3)14(4)20-17/h5-10,20H,1-4H3,(H,21,22). The Bertz CT molecular complexity index is 854. The third-order valence-electron chi connectivity index (χ3n) is 4.29. The number of hydrogen-bond donors (Lipinski definition) is 2. The van der Waals surface area contributed by atoms with E-state index in [0.29, 0.717) is 5.56 Å². The SMILES string of the molecule is Cc1cccc(C)c1NC(=O)c1ccc2[nH]c(C)c(C)c2c1. The molecule has 0 saturated heterocycles. The van der Waals surface area contributed by atoms with Crippen molar-refractivity contribution in [3.63, 3.8) is 0 Å². The molecule has 0 unspecified atom stereocenters. The molecule has 1 aromatic heterocycles. The predicted octanol–water partition coefficient (Wildman–Crippen LogP) is 4.65. The Morgan fingerprint density at radius 1 is 1.00 bits per heavy atom. The van der Waals surface area contributed by atoms with Gasteiger partial charge in [-0.1, -0.05) is 18.2 Å². The Hall–Kier alpha value is -2.55. The van der Waals surface area contributed by atoms with Crippen LogP contribution < -0.4 is 5.32 Å². The normalized spacial score (nSPS) is 10.9. The highest BCUT2D eigenvalue weighted by molar-refractivity contribution is 6.07. The molecule has 3 rings (SSSR count). The van der Waals surface area contributed by atoms with Crippen molar-refractivity contribution in [2.75, 3.05) is 5.32 Å². The van der Waals surface area contributed by atoms with Crippen molar-refractivity contribution in [2.24, 2.45) is 0 Å². The molecule has 1 amide bonds. The summed E-state index contributed by atoms with van der Waals surface area (Å²) >= 11 is 0. The fourth-order valence-corrected chi connectivity index (χ4v) is 2.80. The number of rotatable bonds is 2. The summed E-state index contributed by atoms with van der Waals surface area (Å²) in [5.41, 5.74) is 7.12. The second kappa shape index (κ2) is 5.34. The van der Waals surface area contributed by atoms with E-state index in [1.165, 1.54) is 5.56 Å². The Balaban J connectivity index is 1.97. The van der Waals surface area contributed by atoms with E-state index < -0.39 is 0 Å². The van der Waals surface area contributed by atoms with Crippen LogP contribution in [0, 0.1) is 27.7 Å². The number of benzene rings is 2. The minimum absolute atomic E-state index is 0.0717. The second-order valence-electron chi connectivity index (χ2n) is 5.86. The predicted molar refractivity (Wildman–Crippen MR) is 91.6 cm³/mol. The zero-order valence-corrected chi connectivity index (χ0v) is 13.4. The van der Waals surface area contributed by atoms with Crippen LogP contribution in [0.4, 0.5) is 5.69 Å². The molecule has 0 bridgehead atoms. The molecule has 112 valence electrons. The molecule has 0 saturated carbocycles. The molecule has 0 aliphatic rings. The van der Waals surface area contributed by atoms with Crippen molar-refractivity contribution in [2.45, 2.75) is 27.7 Å². The van der Waals surface area contributed by atoms with Gasteiger partial charge in [0.25, 0.3) is 5.91 Å². The second-order valence-corrected chi connectivity index (χ2v) is 5.86. The average molecular weight is 292 g/mol. The number of hydrogen-bond acceptors (Lipinski definition) is 1. The first-order chi connectivity index (χ1) is 10.5. The number of anilines is 1. The van der Waals surface area contributed by atoms with Gasteiger partial charge in [-0.2, -0.15) is 0 Å². The topological polar surface area (TPSA) is 44.9 Å². The third-order valence-corrected chi connectivity index (χ3v) is 4.29. The summed E-state index contributed by atoms with van der Waals surface area (Å²) in [7, 11) is 0. The lowest BCUT2D eigenvalue weighted by Crippen LogP contribution is -2.13. The maximum Gasteiger partial charge on any atom is 0.255 e. The van der Waals surface area contributed by atoms with Gasteiger partial charge in [-0.05, 0) is 62.6 Å². The van der Waals surface area contributed by atoms with Crippen molar-refractivity contribution in [3.8, 4) is 0 Å². The van der Waals surface area contributed by atoms with Crippen molar-refractivity contribution in [1.29, 1.82) is 0 Å². The summed E-state index contributed by atoms with van der Waals surface area (Å²) in [4.78, 5) is 15.9. The zero-order valence-electron chi connectivity index (χ0n) is 13.4. The van der Waals surface area contributed by atoms with Crippen LogP contribution in [0.2, 0.25) is 0 Å². The van der Waals surface area contributed by atoms with Crippen molar-refractivity contribution < 1.29 is 4.79 Å². The maximum atomic E-state index is 12.6. The van der Waals surface area contributed by atoms with Gasteiger partial charge < -0.3 is 10.3 Å². The fourth-order valence-electron chi connectivity index (χ4n) is 2.80. The van der Waals surface area contributed by atoms with Crippen LogP contribution in [0.15, 0.2) is 36.4 Å². The van der Waals surface area contributed by atoms with E-state index in [9.17, 15) is 4.79 Å². The first-order valence-electron chi connectivity index (χ1n) is 7.44. The quantitative estimate of drug-likeness (QED) is 0.709. The third kappa shape index (κ3) is 2.39. The van der Waals surface area contributed by atoms with Gasteiger partial charge in [0, 0.05) is 27.8 Å². The Kier molecular flexibility index (Phi) is 3.49. The smallest absolute Gasteiger partial charge is 0.255 e. The molecule has 2 N–H and O–H groups in total. The molecule has 22 heavy (non-hydrogen) atoms. The lowest BCUT2D eigenvalue weighted by molar-refractivity contribution is 0.102. The van der Waals surface area contributed by atoms with E-state index >= 15 is 0 Å². The lowest BCUT2D eigenvalue weighted by atomic mass is 10.1. The van der Waals surface area contributed by atoms with Gasteiger partial charge in [0.15, 0.2) is 0 Å². The summed E-state index contributed by atoms with van der Waals surface area (Å²) in [6.07, 6.45) is 0. The van der Waals surface area contributed by atoms with Crippen molar-refractivity contribution in [1.82, 2.24) is 4.98 Å². The molecular weight excluding hydrogens is 272 g/mol. The monoisotopic (exact) mass is 292 g/mol. The average Bonchev–Trinajstić information content (AvgIpc) is 2.77. The molecule has 0 aliphatic carbocycles. The molecule has 1 heterocycles. The van der Waals surface area contributed by atoms with Gasteiger partial charge >= 0.3 is 0 Å². The van der Waals surface area contributed by atoms with E-state index in [-0.39, 0.29) is 5.91 Å². The number of carbonyl (C=O) groups is 1. The number of carbonyl (C=O) groups excluding carboxylic acids is 1. The Morgan fingerprint density at radius 2 is 1.68 bits per heavy atom. The molecular formula is C19H20N2O. The molecule has 3 nitrogen and oxygen atoms in total. The highest BCUT2D eigenvalue weighted by Crippen LogP contribution is 2.24. The largest absolute Gasteiger partial charge is 0.358 e. The highest BCUT2D eigenvalue weighted by Gasteiger charge is 2.12. The van der Waals surface area contributed by atoms with Crippen LogP contribution in [0.25, 0.3) is 10.9 Å². The molecule has 0 atom stereocenters. The van der Waals surface area contributed by atoms with Crippen LogP contribution >= 0.6 is 0 Å². The molecule has 0 spiro atoms. The zero-order chi connectivity index (χ0) is 15.9. The molecule has 2 aromatic carbocycles. The van der Waals surface area contributed by atoms with E-state index in [1.807, 2.05) is 57.2 Å². The van der Waals surface area contributed by atoms with Crippen molar-refractivity contribution >= 4 is 22.5 Å². The first kappa shape index (κ1) is 14.4. The van der Waals surface area contributed by atoms with Gasteiger partial charge in [-0.15, -0.1) is 0 Å². The van der Waals surface area contributed by atoms with Gasteiger partial charge in [0.05, 0.1) is 0 Å². The molecule has 3 heteroatoms. The first-order valence-corrected chi connectivity index (χ1v) is 7.44. The summed E-state index contributed by atoms with van der Waals surface area (Å²) in [5.74, 6) is -0.0717. The Labute approximate surface area is 130 Å². The van der Waals surface area contributed by atoms with E-state index in [0.717, 1.165) is 33.4 Å². The molecule has 0 radical (unpaired) electrons. The highest BCUT2D eigenvalue weighted by atomic mass is 16.1. The summed E-state index contributed by atoms with van der Waals surface area (Å²) in [6, 6.07) is 11.8. The summed E-state index contributed by atoms with van der Waals surface area (Å²) < 4.78 is 0. The van der Waals surface area contributed by atoms with Gasteiger partial charge in [-0.3, -0.25) is 4.79 Å². The van der Waals surface area contributed by atoms with Gasteiger partial charge in [0.1, 0.15) is 0 Å². The maximum absolute atomic E-state index is 12.6. The van der Waals surface area contributed by atoms with Crippen LogP contribution in [-0.4, -0.2) is 10.9 Å². The number of nitrogens with one attached hydrogen (secondary N) is 2. The van der Waals surface area contributed by atoms with Gasteiger partial charge in [0.2, 0.25) is 0 Å². The molecule has 0 aliphatic heterocycles. The van der Waals surface area contributed by atoms with E-state index in [2.05, 4.69) is 17.2 Å². The van der Waals surface area contributed by atoms with E-state index in [4.69, 9.17) is 0 Å². The van der Waals surface area contributed by atoms with E-state index in [1.54, 1.807) is 0 Å². The van der Waals surface area contributed by atoms with Crippen LogP contribution in [0.5, 0.6) is 0 Å². The lowest BCUT2D eigenvalue weighted by Gasteiger charge is -2.11. The van der Waals surface area contributed by atoms with Crippen LogP contribution in [0.3, 0.4) is 0 Å². The number of aryl methyl sites for hydroxylation is 4. The number of H-pyrrole nitrogens is 1. The minimum Gasteiger partial charge on any atom is -0.358 e. The minimum atomic E-state index is -0.0717. The number of aromatic amines is 1.